The SMILES string of the molecule is CCCCCCCC/C=C/C/C=C/CCC(=O)OC(COC(=O)CCCCC/C=C/CCCCCCCCC)COP(=O)(O)OCCN. The minimum Gasteiger partial charge on any atom is -0.462 e. The molecule has 10 heteroatoms. The van der Waals surface area contributed by atoms with Gasteiger partial charge in [0, 0.05) is 19.4 Å². The molecule has 0 aliphatic heterocycles. The molecule has 0 spiro atoms. The molecule has 2 atom stereocenters. The van der Waals surface area contributed by atoms with Crippen LogP contribution in [0.2, 0.25) is 0 Å². The lowest BCUT2D eigenvalue weighted by Crippen LogP contribution is -2.29. The van der Waals surface area contributed by atoms with E-state index in [1.165, 1.54) is 83.5 Å². The molecule has 48 heavy (non-hydrogen) atoms. The zero-order chi connectivity index (χ0) is 35.4. The standard InChI is InChI=1S/C38H70NO8P/c1-3-5-7-9-11-13-15-17-19-20-22-24-26-28-30-37(40)44-34-36(35-46-48(42,43)45-33-32-39)47-38(41)31-29-27-25-23-21-18-16-14-12-10-8-6-4-2/h18-21,25,27,36H,3-17,22-24,26,28-35,39H2,1-2H3,(H,42,43)/b20-19+,21-18+,27-25+. The first kappa shape index (κ1) is 46.2. The van der Waals surface area contributed by atoms with Gasteiger partial charge in [0.05, 0.1) is 13.2 Å². The first-order valence-corrected chi connectivity index (χ1v) is 20.5. The van der Waals surface area contributed by atoms with Crippen LogP contribution in [0.4, 0.5) is 0 Å². The third-order valence-corrected chi connectivity index (χ3v) is 8.75. The maximum absolute atomic E-state index is 12.5. The van der Waals surface area contributed by atoms with Crippen LogP contribution in [-0.4, -0.2) is 49.3 Å². The quantitative estimate of drug-likeness (QED) is 0.0287. The first-order valence-electron chi connectivity index (χ1n) is 19.0. The summed E-state index contributed by atoms with van der Waals surface area (Å²) in [6.07, 6.45) is 36.2. The monoisotopic (exact) mass is 699 g/mol. The van der Waals surface area contributed by atoms with Crippen molar-refractivity contribution in [3.8, 4) is 0 Å². The lowest BCUT2D eigenvalue weighted by Gasteiger charge is -2.19. The Bertz CT molecular complexity index is 892. The van der Waals surface area contributed by atoms with E-state index in [4.69, 9.17) is 24.3 Å². The predicted molar refractivity (Wildman–Crippen MR) is 197 cm³/mol. The molecule has 0 aromatic rings. The van der Waals surface area contributed by atoms with Crippen LogP contribution in [0.5, 0.6) is 0 Å². The predicted octanol–water partition coefficient (Wildman–Crippen LogP) is 10.2. The smallest absolute Gasteiger partial charge is 0.462 e. The summed E-state index contributed by atoms with van der Waals surface area (Å²) >= 11 is 0. The van der Waals surface area contributed by atoms with Crippen molar-refractivity contribution in [2.45, 2.75) is 168 Å². The Labute approximate surface area is 293 Å². The second-order valence-corrected chi connectivity index (χ2v) is 13.9. The maximum atomic E-state index is 12.5. The van der Waals surface area contributed by atoms with Crippen molar-refractivity contribution in [2.75, 3.05) is 26.4 Å². The number of phosphoric acid groups is 1. The van der Waals surface area contributed by atoms with Gasteiger partial charge in [-0.2, -0.15) is 0 Å². The molecule has 0 radical (unpaired) electrons. The van der Waals surface area contributed by atoms with Crippen LogP contribution in [-0.2, 0) is 32.7 Å². The topological polar surface area (TPSA) is 134 Å². The number of rotatable bonds is 35. The molecule has 0 saturated heterocycles. The maximum Gasteiger partial charge on any atom is 0.472 e. The van der Waals surface area contributed by atoms with Crippen LogP contribution in [0.3, 0.4) is 0 Å². The van der Waals surface area contributed by atoms with Gasteiger partial charge in [0.2, 0.25) is 0 Å². The summed E-state index contributed by atoms with van der Waals surface area (Å²) in [7, 11) is -4.38. The molecule has 0 aliphatic carbocycles. The molecule has 0 fully saturated rings. The summed E-state index contributed by atoms with van der Waals surface area (Å²) in [4.78, 5) is 34.6. The molecule has 2 unspecified atom stereocenters. The van der Waals surface area contributed by atoms with Gasteiger partial charge in [0.15, 0.2) is 6.10 Å². The van der Waals surface area contributed by atoms with Gasteiger partial charge in [0.25, 0.3) is 0 Å². The normalized spacial score (nSPS) is 13.8. The third-order valence-electron chi connectivity index (χ3n) is 7.76. The number of unbranched alkanes of at least 4 members (excludes halogenated alkanes) is 16. The molecule has 0 bridgehead atoms. The molecule has 0 aliphatic rings. The van der Waals surface area contributed by atoms with Crippen LogP contribution < -0.4 is 5.73 Å². The van der Waals surface area contributed by atoms with E-state index in [1.807, 2.05) is 12.2 Å². The lowest BCUT2D eigenvalue weighted by atomic mass is 10.1. The number of carbonyl (C=O) groups is 2. The molecular formula is C38H70NO8P. The fourth-order valence-corrected chi connectivity index (χ4v) is 5.68. The van der Waals surface area contributed by atoms with Crippen molar-refractivity contribution in [3.63, 3.8) is 0 Å². The number of hydrogen-bond acceptors (Lipinski definition) is 8. The highest BCUT2D eigenvalue weighted by molar-refractivity contribution is 7.47. The van der Waals surface area contributed by atoms with Gasteiger partial charge in [-0.15, -0.1) is 0 Å². The number of phosphoric ester groups is 1. The van der Waals surface area contributed by atoms with Crippen molar-refractivity contribution in [1.82, 2.24) is 0 Å². The van der Waals surface area contributed by atoms with Gasteiger partial charge in [-0.25, -0.2) is 4.57 Å². The Morgan fingerprint density at radius 1 is 0.625 bits per heavy atom. The fraction of sp³-hybridized carbons (Fsp3) is 0.789. The lowest BCUT2D eigenvalue weighted by molar-refractivity contribution is -0.161. The van der Waals surface area contributed by atoms with Gasteiger partial charge in [-0.3, -0.25) is 18.6 Å². The summed E-state index contributed by atoms with van der Waals surface area (Å²) < 4.78 is 32.5. The Morgan fingerprint density at radius 3 is 1.69 bits per heavy atom. The summed E-state index contributed by atoms with van der Waals surface area (Å²) in [6.45, 7) is 3.62. The summed E-state index contributed by atoms with van der Waals surface area (Å²) in [5, 5.41) is 0. The fourth-order valence-electron chi connectivity index (χ4n) is 4.92. The Kier molecular flexibility index (Phi) is 33.8. The number of allylic oxidation sites excluding steroid dienone is 6. The number of hydrogen-bond donors (Lipinski definition) is 2. The molecule has 0 aromatic heterocycles. The van der Waals surface area contributed by atoms with E-state index in [0.717, 1.165) is 38.5 Å². The van der Waals surface area contributed by atoms with E-state index in [0.29, 0.717) is 12.8 Å². The van der Waals surface area contributed by atoms with Crippen molar-refractivity contribution in [1.29, 1.82) is 0 Å². The molecule has 3 N–H and O–H groups in total. The van der Waals surface area contributed by atoms with Crippen LogP contribution in [0, 0.1) is 0 Å². The molecule has 9 nitrogen and oxygen atoms in total. The van der Waals surface area contributed by atoms with E-state index < -0.39 is 32.5 Å². The molecule has 0 amide bonds. The second kappa shape index (κ2) is 35.1. The van der Waals surface area contributed by atoms with Gasteiger partial charge < -0.3 is 20.1 Å². The van der Waals surface area contributed by atoms with Crippen LogP contribution in [0.15, 0.2) is 36.5 Å². The minimum absolute atomic E-state index is 0.0436. The Balaban J connectivity index is 4.33. The number of esters is 2. The molecule has 0 heterocycles. The zero-order valence-corrected chi connectivity index (χ0v) is 31.4. The van der Waals surface area contributed by atoms with E-state index in [-0.39, 0.29) is 32.6 Å². The van der Waals surface area contributed by atoms with Crippen molar-refractivity contribution in [2.24, 2.45) is 5.73 Å². The molecule has 0 rings (SSSR count). The molecule has 0 aromatic carbocycles. The largest absolute Gasteiger partial charge is 0.472 e. The van der Waals surface area contributed by atoms with E-state index >= 15 is 0 Å². The van der Waals surface area contributed by atoms with Crippen LogP contribution in [0.1, 0.15) is 162 Å². The molecule has 0 saturated carbocycles. The summed E-state index contributed by atoms with van der Waals surface area (Å²) in [5.74, 6) is -0.928. The molecule has 280 valence electrons. The number of carbonyl (C=O) groups excluding carboxylic acids is 2. The first-order chi connectivity index (χ1) is 23.3. The van der Waals surface area contributed by atoms with Crippen molar-refractivity contribution < 1.29 is 37.6 Å². The highest BCUT2D eigenvalue weighted by Gasteiger charge is 2.25. The zero-order valence-electron chi connectivity index (χ0n) is 30.5. The second-order valence-electron chi connectivity index (χ2n) is 12.4. The highest BCUT2D eigenvalue weighted by Crippen LogP contribution is 2.43. The Morgan fingerprint density at radius 2 is 1.12 bits per heavy atom. The minimum atomic E-state index is -4.38. The van der Waals surface area contributed by atoms with Gasteiger partial charge in [-0.05, 0) is 57.8 Å². The van der Waals surface area contributed by atoms with Gasteiger partial charge in [0.1, 0.15) is 6.61 Å². The van der Waals surface area contributed by atoms with Crippen molar-refractivity contribution >= 4 is 19.8 Å². The average molecular weight is 700 g/mol. The Hall–Kier alpha value is -1.77. The van der Waals surface area contributed by atoms with Gasteiger partial charge in [-0.1, -0.05) is 127 Å². The van der Waals surface area contributed by atoms with E-state index in [9.17, 15) is 19.0 Å². The van der Waals surface area contributed by atoms with Crippen molar-refractivity contribution in [3.05, 3.63) is 36.5 Å². The summed E-state index contributed by atoms with van der Waals surface area (Å²) in [5.41, 5.74) is 5.32. The van der Waals surface area contributed by atoms with Crippen LogP contribution in [0.25, 0.3) is 0 Å². The number of nitrogens with two attached hydrogens (primary N) is 1. The van der Waals surface area contributed by atoms with E-state index in [2.05, 4.69) is 38.2 Å². The van der Waals surface area contributed by atoms with Gasteiger partial charge >= 0.3 is 19.8 Å². The van der Waals surface area contributed by atoms with E-state index in [1.54, 1.807) is 0 Å². The van der Waals surface area contributed by atoms with Crippen LogP contribution >= 0.6 is 7.82 Å². The summed E-state index contributed by atoms with van der Waals surface area (Å²) in [6, 6.07) is 0. The highest BCUT2D eigenvalue weighted by atomic mass is 31.2. The average Bonchev–Trinajstić information content (AvgIpc) is 3.07. The third kappa shape index (κ3) is 34.1. The molecular weight excluding hydrogens is 629 g/mol. The number of ether oxygens (including phenoxy) is 2.